The Bertz CT molecular complexity index is 1300. The summed E-state index contributed by atoms with van der Waals surface area (Å²) in [5, 5.41) is 20.0. The molecule has 0 aliphatic carbocycles. The van der Waals surface area contributed by atoms with Crippen molar-refractivity contribution in [3.8, 4) is 6.07 Å². The van der Waals surface area contributed by atoms with Crippen molar-refractivity contribution in [1.29, 1.82) is 5.26 Å². The number of alkyl halides is 3. The zero-order chi connectivity index (χ0) is 24.5. The number of carbonyl (C=O) groups is 1. The van der Waals surface area contributed by atoms with E-state index in [1.54, 1.807) is 24.0 Å². The first-order valence-electron chi connectivity index (χ1n) is 10.1. The molecule has 174 valence electrons. The molecular weight excluding hydrogens is 451 g/mol. The summed E-state index contributed by atoms with van der Waals surface area (Å²) in [5.74, 6) is 0.280. The second-order valence-electron chi connectivity index (χ2n) is 7.54. The Labute approximate surface area is 192 Å². The summed E-state index contributed by atoms with van der Waals surface area (Å²) in [6, 6.07) is 6.90. The molecule has 0 bridgehead atoms. The fourth-order valence-corrected chi connectivity index (χ4v) is 3.71. The van der Waals surface area contributed by atoms with Crippen LogP contribution in [0.15, 0.2) is 30.6 Å². The topological polar surface area (TPSA) is 117 Å². The minimum atomic E-state index is -4.63. The number of hydrogen-bond donors (Lipinski definition) is 1. The standard InChI is InChI=1S/C22H18F3N7O2/c1-12-7-18(30-31-19(12)21(33)34-2)29-20-15-5-6-32(10-17(15)27-11-28-20)14-4-3-13(9-26)16(8-14)22(23,24)25/h3-4,7-8,11H,5-6,10H2,1-2H3,(H,27,28,29,30). The lowest BCUT2D eigenvalue weighted by atomic mass is 10.0. The third-order valence-corrected chi connectivity index (χ3v) is 5.41. The Morgan fingerprint density at radius 2 is 2.03 bits per heavy atom. The zero-order valence-corrected chi connectivity index (χ0v) is 18.1. The van der Waals surface area contributed by atoms with Gasteiger partial charge in [0, 0.05) is 17.8 Å². The molecule has 1 N–H and O–H groups in total. The molecule has 1 aliphatic rings. The molecule has 1 aliphatic heterocycles. The lowest BCUT2D eigenvalue weighted by molar-refractivity contribution is -0.137. The monoisotopic (exact) mass is 469 g/mol. The van der Waals surface area contributed by atoms with Gasteiger partial charge in [0.25, 0.3) is 0 Å². The first kappa shape index (κ1) is 22.9. The number of nitriles is 1. The first-order valence-corrected chi connectivity index (χ1v) is 10.1. The van der Waals surface area contributed by atoms with E-state index in [-0.39, 0.29) is 12.2 Å². The van der Waals surface area contributed by atoms with Crippen molar-refractivity contribution < 1.29 is 22.7 Å². The van der Waals surface area contributed by atoms with Gasteiger partial charge in [-0.3, -0.25) is 0 Å². The van der Waals surface area contributed by atoms with Gasteiger partial charge in [0.2, 0.25) is 0 Å². The van der Waals surface area contributed by atoms with Gasteiger partial charge >= 0.3 is 12.1 Å². The second-order valence-corrected chi connectivity index (χ2v) is 7.54. The van der Waals surface area contributed by atoms with Gasteiger partial charge in [-0.25, -0.2) is 14.8 Å². The van der Waals surface area contributed by atoms with Gasteiger partial charge in [-0.05, 0) is 43.2 Å². The average molecular weight is 469 g/mol. The molecule has 0 spiro atoms. The maximum Gasteiger partial charge on any atom is 0.417 e. The molecule has 0 unspecified atom stereocenters. The smallest absolute Gasteiger partial charge is 0.417 e. The second kappa shape index (κ2) is 8.93. The van der Waals surface area contributed by atoms with Gasteiger partial charge in [-0.1, -0.05) is 0 Å². The average Bonchev–Trinajstić information content (AvgIpc) is 2.82. The summed E-state index contributed by atoms with van der Waals surface area (Å²) < 4.78 is 44.8. The van der Waals surface area contributed by atoms with Crippen molar-refractivity contribution in [2.45, 2.75) is 26.1 Å². The van der Waals surface area contributed by atoms with Gasteiger partial charge < -0.3 is 15.0 Å². The van der Waals surface area contributed by atoms with Crippen LogP contribution in [0.4, 0.5) is 30.5 Å². The summed E-state index contributed by atoms with van der Waals surface area (Å²) in [5.41, 5.74) is 1.10. The molecule has 2 aromatic heterocycles. The van der Waals surface area contributed by atoms with Gasteiger partial charge in [-0.15, -0.1) is 10.2 Å². The van der Waals surface area contributed by atoms with E-state index in [9.17, 15) is 18.0 Å². The molecule has 12 heteroatoms. The summed E-state index contributed by atoms with van der Waals surface area (Å²) in [4.78, 5) is 22.1. The molecule has 0 radical (unpaired) electrons. The summed E-state index contributed by atoms with van der Waals surface area (Å²) in [6.07, 6.45) is -2.81. The Morgan fingerprint density at radius 1 is 1.24 bits per heavy atom. The first-order chi connectivity index (χ1) is 16.2. The van der Waals surface area contributed by atoms with Crippen molar-refractivity contribution in [1.82, 2.24) is 20.2 Å². The molecule has 34 heavy (non-hydrogen) atoms. The van der Waals surface area contributed by atoms with Crippen LogP contribution in [0.2, 0.25) is 0 Å². The van der Waals surface area contributed by atoms with Crippen LogP contribution in [-0.2, 0) is 23.9 Å². The fraction of sp³-hybridized carbons (Fsp3) is 0.273. The minimum absolute atomic E-state index is 0.106. The number of hydrogen-bond acceptors (Lipinski definition) is 9. The molecule has 9 nitrogen and oxygen atoms in total. The van der Waals surface area contributed by atoms with Crippen LogP contribution < -0.4 is 10.2 Å². The Hall–Kier alpha value is -4.27. The van der Waals surface area contributed by atoms with E-state index < -0.39 is 23.3 Å². The van der Waals surface area contributed by atoms with E-state index in [0.29, 0.717) is 41.5 Å². The van der Waals surface area contributed by atoms with Crippen LogP contribution in [0.3, 0.4) is 0 Å². The molecule has 3 aromatic rings. The summed E-state index contributed by atoms with van der Waals surface area (Å²) in [7, 11) is 1.26. The number of methoxy groups -OCH3 is 1. The van der Waals surface area contributed by atoms with Crippen LogP contribution in [0, 0.1) is 18.3 Å². The number of aryl methyl sites for hydroxylation is 1. The predicted octanol–water partition coefficient (Wildman–Crippen LogP) is 3.56. The molecule has 0 saturated carbocycles. The molecule has 3 heterocycles. The number of ether oxygens (including phenoxy) is 1. The predicted molar refractivity (Wildman–Crippen MR) is 114 cm³/mol. The van der Waals surface area contributed by atoms with Gasteiger partial charge in [-0.2, -0.15) is 18.4 Å². The number of anilines is 3. The number of halogens is 3. The van der Waals surface area contributed by atoms with Crippen LogP contribution in [0.25, 0.3) is 0 Å². The number of rotatable bonds is 4. The zero-order valence-electron chi connectivity index (χ0n) is 18.1. The van der Waals surface area contributed by atoms with E-state index in [2.05, 4.69) is 30.2 Å². The Balaban J connectivity index is 1.58. The van der Waals surface area contributed by atoms with Crippen molar-refractivity contribution in [3.63, 3.8) is 0 Å². The van der Waals surface area contributed by atoms with E-state index in [0.717, 1.165) is 11.6 Å². The largest absolute Gasteiger partial charge is 0.464 e. The lowest BCUT2D eigenvalue weighted by Crippen LogP contribution is -2.32. The molecule has 0 atom stereocenters. The number of fused-ring (bicyclic) bond motifs is 1. The highest BCUT2D eigenvalue weighted by Crippen LogP contribution is 2.36. The highest BCUT2D eigenvalue weighted by atomic mass is 19.4. The molecule has 0 saturated heterocycles. The van der Waals surface area contributed by atoms with Crippen LogP contribution in [0.1, 0.15) is 38.4 Å². The van der Waals surface area contributed by atoms with Crippen LogP contribution >= 0.6 is 0 Å². The number of esters is 1. The molecule has 0 amide bonds. The van der Waals surface area contributed by atoms with Crippen molar-refractivity contribution >= 4 is 23.3 Å². The third kappa shape index (κ3) is 4.45. The lowest BCUT2D eigenvalue weighted by Gasteiger charge is -2.31. The maximum absolute atomic E-state index is 13.4. The van der Waals surface area contributed by atoms with Gasteiger partial charge in [0.15, 0.2) is 11.5 Å². The molecular formula is C22H18F3N7O2. The highest BCUT2D eigenvalue weighted by Gasteiger charge is 2.34. The van der Waals surface area contributed by atoms with Crippen LogP contribution in [0.5, 0.6) is 0 Å². The fourth-order valence-electron chi connectivity index (χ4n) is 3.71. The third-order valence-electron chi connectivity index (χ3n) is 5.41. The Kier molecular flexibility index (Phi) is 6.02. The van der Waals surface area contributed by atoms with E-state index in [4.69, 9.17) is 5.26 Å². The minimum Gasteiger partial charge on any atom is -0.464 e. The highest BCUT2D eigenvalue weighted by molar-refractivity contribution is 5.88. The normalized spacial score (nSPS) is 13.1. The number of nitrogens with zero attached hydrogens (tertiary/aromatic N) is 6. The van der Waals surface area contributed by atoms with Gasteiger partial charge in [0.1, 0.15) is 12.1 Å². The molecule has 1 aromatic carbocycles. The number of carbonyl (C=O) groups excluding carboxylic acids is 1. The molecule has 0 fully saturated rings. The van der Waals surface area contributed by atoms with Crippen LogP contribution in [-0.4, -0.2) is 39.8 Å². The number of nitrogens with one attached hydrogen (secondary N) is 1. The quantitative estimate of drug-likeness (QED) is 0.573. The van der Waals surface area contributed by atoms with E-state index >= 15 is 0 Å². The van der Waals surface area contributed by atoms with Crippen molar-refractivity contribution in [2.24, 2.45) is 0 Å². The van der Waals surface area contributed by atoms with Crippen molar-refractivity contribution in [3.05, 3.63) is 64.2 Å². The molecule has 4 rings (SSSR count). The van der Waals surface area contributed by atoms with Crippen molar-refractivity contribution in [2.75, 3.05) is 23.9 Å². The number of benzene rings is 1. The van der Waals surface area contributed by atoms with E-state index in [1.165, 1.54) is 25.6 Å². The van der Waals surface area contributed by atoms with Gasteiger partial charge in [0.05, 0.1) is 36.5 Å². The maximum atomic E-state index is 13.4. The Morgan fingerprint density at radius 3 is 2.71 bits per heavy atom. The summed E-state index contributed by atoms with van der Waals surface area (Å²) >= 11 is 0. The SMILES string of the molecule is COC(=O)c1nnc(Nc2ncnc3c2CCN(c2ccc(C#N)c(C(F)(F)F)c2)C3)cc1C. The number of aromatic nitrogens is 4. The summed E-state index contributed by atoms with van der Waals surface area (Å²) in [6.45, 7) is 2.39. The van der Waals surface area contributed by atoms with E-state index in [1.807, 2.05) is 0 Å².